The van der Waals surface area contributed by atoms with Crippen molar-refractivity contribution in [1.29, 1.82) is 0 Å². The van der Waals surface area contributed by atoms with E-state index in [0.29, 0.717) is 16.7 Å². The lowest BCUT2D eigenvalue weighted by Gasteiger charge is -2.12. The molecule has 112 valence electrons. The second-order valence-corrected chi connectivity index (χ2v) is 6.26. The van der Waals surface area contributed by atoms with E-state index in [1.807, 2.05) is 42.7 Å². The minimum absolute atomic E-state index is 0.00231. The number of benzene rings is 1. The molecule has 0 saturated carbocycles. The molecule has 0 aliphatic carbocycles. The van der Waals surface area contributed by atoms with Crippen molar-refractivity contribution < 1.29 is 4.79 Å². The predicted molar refractivity (Wildman–Crippen MR) is 85.0 cm³/mol. The molecule has 1 N–H and O–H groups in total. The van der Waals surface area contributed by atoms with Crippen molar-refractivity contribution in [1.82, 2.24) is 20.1 Å². The van der Waals surface area contributed by atoms with Crippen LogP contribution in [-0.2, 0) is 4.79 Å². The summed E-state index contributed by atoms with van der Waals surface area (Å²) in [6, 6.07) is 7.42. The Morgan fingerprint density at radius 2 is 2.33 bits per heavy atom. The first-order chi connectivity index (χ1) is 10.1. The number of thioether (sulfide) groups is 1. The standard InChI is InChI=1S/C14H17ClN4OS/c1-3-7-16-13(20)10(2)21-14-18-17-9-19(14)12-6-4-5-11(15)8-12/h4-6,8-10H,3,7H2,1-2H3,(H,16,20). The molecule has 1 atom stereocenters. The van der Waals surface area contributed by atoms with Gasteiger partial charge in [0.15, 0.2) is 5.16 Å². The molecule has 1 heterocycles. The first-order valence-corrected chi connectivity index (χ1v) is 7.98. The van der Waals surface area contributed by atoms with Gasteiger partial charge in [-0.3, -0.25) is 9.36 Å². The maximum Gasteiger partial charge on any atom is 0.233 e. The molecule has 0 aliphatic rings. The molecule has 0 aliphatic heterocycles. The Morgan fingerprint density at radius 1 is 1.52 bits per heavy atom. The lowest BCUT2D eigenvalue weighted by Crippen LogP contribution is -2.31. The van der Waals surface area contributed by atoms with Gasteiger partial charge in [-0.15, -0.1) is 10.2 Å². The van der Waals surface area contributed by atoms with Crippen LogP contribution in [-0.4, -0.2) is 32.5 Å². The van der Waals surface area contributed by atoms with Crippen LogP contribution in [0.15, 0.2) is 35.7 Å². The minimum atomic E-state index is -0.237. The van der Waals surface area contributed by atoms with Gasteiger partial charge in [0.2, 0.25) is 5.91 Å². The average molecular weight is 325 g/mol. The monoisotopic (exact) mass is 324 g/mol. The number of carbonyl (C=O) groups is 1. The average Bonchev–Trinajstić information content (AvgIpc) is 2.92. The molecule has 1 aromatic heterocycles. The number of rotatable bonds is 6. The first kappa shape index (κ1) is 15.9. The summed E-state index contributed by atoms with van der Waals surface area (Å²) >= 11 is 7.37. The van der Waals surface area contributed by atoms with Crippen LogP contribution in [0.3, 0.4) is 0 Å². The molecule has 0 radical (unpaired) electrons. The Hall–Kier alpha value is -1.53. The maximum atomic E-state index is 11.9. The van der Waals surface area contributed by atoms with E-state index in [0.717, 1.165) is 12.1 Å². The van der Waals surface area contributed by atoms with Crippen LogP contribution >= 0.6 is 23.4 Å². The van der Waals surface area contributed by atoms with Crippen molar-refractivity contribution in [2.45, 2.75) is 30.7 Å². The van der Waals surface area contributed by atoms with E-state index < -0.39 is 0 Å². The van der Waals surface area contributed by atoms with E-state index in [2.05, 4.69) is 15.5 Å². The summed E-state index contributed by atoms with van der Waals surface area (Å²) in [4.78, 5) is 11.9. The molecule has 2 rings (SSSR count). The van der Waals surface area contributed by atoms with Crippen LogP contribution in [0.2, 0.25) is 5.02 Å². The fourth-order valence-corrected chi connectivity index (χ4v) is 2.76. The van der Waals surface area contributed by atoms with Gasteiger partial charge in [-0.25, -0.2) is 0 Å². The quantitative estimate of drug-likeness (QED) is 0.830. The number of nitrogens with zero attached hydrogens (tertiary/aromatic N) is 3. The molecule has 21 heavy (non-hydrogen) atoms. The molecule has 0 spiro atoms. The van der Waals surface area contributed by atoms with Crippen molar-refractivity contribution in [3.8, 4) is 5.69 Å². The number of nitrogens with one attached hydrogen (secondary N) is 1. The van der Waals surface area contributed by atoms with Gasteiger partial charge in [0, 0.05) is 11.6 Å². The van der Waals surface area contributed by atoms with Gasteiger partial charge in [0.25, 0.3) is 0 Å². The topological polar surface area (TPSA) is 59.8 Å². The van der Waals surface area contributed by atoms with Gasteiger partial charge in [0.1, 0.15) is 6.33 Å². The Morgan fingerprint density at radius 3 is 3.05 bits per heavy atom. The molecule has 7 heteroatoms. The van der Waals surface area contributed by atoms with Crippen molar-refractivity contribution in [2.75, 3.05) is 6.54 Å². The lowest BCUT2D eigenvalue weighted by atomic mass is 10.3. The van der Waals surface area contributed by atoms with Crippen molar-refractivity contribution in [3.05, 3.63) is 35.6 Å². The van der Waals surface area contributed by atoms with Crippen molar-refractivity contribution in [3.63, 3.8) is 0 Å². The smallest absolute Gasteiger partial charge is 0.233 e. The minimum Gasteiger partial charge on any atom is -0.355 e. The summed E-state index contributed by atoms with van der Waals surface area (Å²) in [5.41, 5.74) is 0.871. The Bertz CT molecular complexity index is 617. The van der Waals surface area contributed by atoms with Gasteiger partial charge in [-0.05, 0) is 31.5 Å². The Labute approximate surface area is 133 Å². The van der Waals surface area contributed by atoms with Gasteiger partial charge in [-0.1, -0.05) is 36.4 Å². The number of halogens is 1. The zero-order chi connectivity index (χ0) is 15.2. The largest absolute Gasteiger partial charge is 0.355 e. The van der Waals surface area contributed by atoms with E-state index in [4.69, 9.17) is 11.6 Å². The van der Waals surface area contributed by atoms with E-state index in [1.165, 1.54) is 11.8 Å². The molecule has 0 bridgehead atoms. The zero-order valence-electron chi connectivity index (χ0n) is 11.9. The molecule has 0 fully saturated rings. The lowest BCUT2D eigenvalue weighted by molar-refractivity contribution is -0.120. The molecular formula is C14H17ClN4OS. The summed E-state index contributed by atoms with van der Waals surface area (Å²) in [5, 5.41) is 11.9. The third-order valence-electron chi connectivity index (χ3n) is 2.80. The molecule has 0 saturated heterocycles. The molecule has 1 aromatic carbocycles. The fourth-order valence-electron chi connectivity index (χ4n) is 1.71. The van der Waals surface area contributed by atoms with Gasteiger partial charge in [0.05, 0.1) is 10.9 Å². The molecule has 5 nitrogen and oxygen atoms in total. The van der Waals surface area contributed by atoms with Crippen LogP contribution in [0.25, 0.3) is 5.69 Å². The van der Waals surface area contributed by atoms with Crippen molar-refractivity contribution in [2.24, 2.45) is 0 Å². The van der Waals surface area contributed by atoms with Crippen LogP contribution in [0.1, 0.15) is 20.3 Å². The van der Waals surface area contributed by atoms with E-state index in [1.54, 1.807) is 6.33 Å². The molecule has 1 amide bonds. The first-order valence-electron chi connectivity index (χ1n) is 6.72. The highest BCUT2D eigenvalue weighted by Gasteiger charge is 2.17. The summed E-state index contributed by atoms with van der Waals surface area (Å²) in [5.74, 6) is 0.00231. The number of aromatic nitrogens is 3. The Balaban J connectivity index is 2.12. The summed E-state index contributed by atoms with van der Waals surface area (Å²) in [7, 11) is 0. The summed E-state index contributed by atoms with van der Waals surface area (Å²) in [6.45, 7) is 4.56. The maximum absolute atomic E-state index is 11.9. The molecule has 2 aromatic rings. The van der Waals surface area contributed by atoms with Crippen LogP contribution in [0, 0.1) is 0 Å². The third kappa shape index (κ3) is 4.22. The van der Waals surface area contributed by atoms with Gasteiger partial charge in [-0.2, -0.15) is 0 Å². The van der Waals surface area contributed by atoms with Crippen molar-refractivity contribution >= 4 is 29.3 Å². The van der Waals surface area contributed by atoms with Gasteiger partial charge >= 0.3 is 0 Å². The van der Waals surface area contributed by atoms with E-state index in [9.17, 15) is 4.79 Å². The second kappa shape index (κ2) is 7.47. The SMILES string of the molecule is CCCNC(=O)C(C)Sc1nncn1-c1cccc(Cl)c1. The van der Waals surface area contributed by atoms with Crippen LogP contribution in [0.4, 0.5) is 0 Å². The van der Waals surface area contributed by atoms with Crippen LogP contribution < -0.4 is 5.32 Å². The number of hydrogen-bond acceptors (Lipinski definition) is 4. The summed E-state index contributed by atoms with van der Waals surface area (Å²) in [6.07, 6.45) is 2.53. The van der Waals surface area contributed by atoms with E-state index >= 15 is 0 Å². The fraction of sp³-hybridized carbons (Fsp3) is 0.357. The van der Waals surface area contributed by atoms with Crippen LogP contribution in [0.5, 0.6) is 0 Å². The number of amides is 1. The van der Waals surface area contributed by atoms with E-state index in [-0.39, 0.29) is 11.2 Å². The molecular weight excluding hydrogens is 308 g/mol. The highest BCUT2D eigenvalue weighted by molar-refractivity contribution is 8.00. The van der Waals surface area contributed by atoms with Gasteiger partial charge < -0.3 is 5.32 Å². The Kier molecular flexibility index (Phi) is 5.64. The number of hydrogen-bond donors (Lipinski definition) is 1. The zero-order valence-corrected chi connectivity index (χ0v) is 13.5. The normalized spacial score (nSPS) is 12.1. The predicted octanol–water partition coefficient (Wildman–Crippen LogP) is 2.93. The molecule has 1 unspecified atom stereocenters. The number of carbonyl (C=O) groups excluding carboxylic acids is 1. The second-order valence-electron chi connectivity index (χ2n) is 4.51. The highest BCUT2D eigenvalue weighted by Crippen LogP contribution is 2.25. The highest BCUT2D eigenvalue weighted by atomic mass is 35.5. The summed E-state index contributed by atoms with van der Waals surface area (Å²) < 4.78 is 1.82. The third-order valence-corrected chi connectivity index (χ3v) is 4.10.